The zero-order valence-corrected chi connectivity index (χ0v) is 18.4. The average Bonchev–Trinajstić information content (AvgIpc) is 3.44. The second-order valence-corrected chi connectivity index (χ2v) is 8.63. The lowest BCUT2D eigenvalue weighted by Crippen LogP contribution is -2.35. The molecule has 4 rings (SSSR count). The zero-order chi connectivity index (χ0) is 24.5. The summed E-state index contributed by atoms with van der Waals surface area (Å²) < 4.78 is 54.8. The number of aromatic nitrogens is 1. The molecule has 0 atom stereocenters. The second kappa shape index (κ2) is 9.27. The Bertz CT molecular complexity index is 1460. The maximum atomic E-state index is 13.5. The van der Waals surface area contributed by atoms with E-state index in [0.29, 0.717) is 13.1 Å². The van der Waals surface area contributed by atoms with Crippen LogP contribution < -0.4 is 14.8 Å². The van der Waals surface area contributed by atoms with Gasteiger partial charge in [0.25, 0.3) is 11.5 Å². The molecule has 3 aromatic rings. The third-order valence-corrected chi connectivity index (χ3v) is 6.49. The highest BCUT2D eigenvalue weighted by molar-refractivity contribution is 7.07. The quantitative estimate of drug-likeness (QED) is 0.533. The predicted molar refractivity (Wildman–Crippen MR) is 119 cm³/mol. The molecule has 0 spiro atoms. The van der Waals surface area contributed by atoms with E-state index >= 15 is 0 Å². The number of amides is 1. The summed E-state index contributed by atoms with van der Waals surface area (Å²) in [5, 5.41) is 9.80. The molecule has 0 unspecified atom stereocenters. The largest absolute Gasteiger partial charge is 0.416 e. The first-order valence-corrected chi connectivity index (χ1v) is 11.1. The van der Waals surface area contributed by atoms with Crippen LogP contribution in [0.25, 0.3) is 17.3 Å². The standard InChI is InChI=1S/C24H17F4N3O2S/c25-16-7-9-17(10-8-16)31-22(33)20(13-15-5-1-2-6-19(15)24(26,27)28)34-23(31)18(14-29)21(32)30-11-3-4-12-30/h1-2,5-10,13H,3-4,11-12H2/b20-13+,23-18-. The third kappa shape index (κ3) is 4.52. The Balaban J connectivity index is 2.04. The van der Waals surface area contributed by atoms with E-state index in [4.69, 9.17) is 0 Å². The van der Waals surface area contributed by atoms with Crippen molar-refractivity contribution in [3.05, 3.63) is 85.0 Å². The lowest BCUT2D eigenvalue weighted by atomic mass is 10.1. The molecule has 34 heavy (non-hydrogen) atoms. The van der Waals surface area contributed by atoms with Crippen molar-refractivity contribution in [2.45, 2.75) is 19.0 Å². The Hall–Kier alpha value is -3.71. The van der Waals surface area contributed by atoms with Crippen LogP contribution in [0.4, 0.5) is 17.6 Å². The molecule has 1 aromatic heterocycles. The predicted octanol–water partition coefficient (Wildman–Crippen LogP) is 3.18. The van der Waals surface area contributed by atoms with Crippen molar-refractivity contribution in [2.75, 3.05) is 13.1 Å². The molecule has 1 amide bonds. The summed E-state index contributed by atoms with van der Waals surface area (Å²) in [4.78, 5) is 27.8. The van der Waals surface area contributed by atoms with Crippen LogP contribution in [0.2, 0.25) is 0 Å². The van der Waals surface area contributed by atoms with Crippen LogP contribution in [0.1, 0.15) is 24.0 Å². The lowest BCUT2D eigenvalue weighted by molar-refractivity contribution is -0.137. The van der Waals surface area contributed by atoms with Gasteiger partial charge in [-0.25, -0.2) is 4.39 Å². The summed E-state index contributed by atoms with van der Waals surface area (Å²) in [7, 11) is 0. The Morgan fingerprint density at radius 2 is 1.71 bits per heavy atom. The van der Waals surface area contributed by atoms with Crippen LogP contribution in [0.15, 0.2) is 53.3 Å². The highest BCUT2D eigenvalue weighted by Crippen LogP contribution is 2.32. The Labute approximate surface area is 195 Å². The number of benzene rings is 2. The SMILES string of the molecule is N#C/C(C(=O)N1CCCC1)=c1/s/c(=C/c2ccccc2C(F)(F)F)c(=O)n1-c1ccc(F)cc1. The minimum atomic E-state index is -4.64. The van der Waals surface area contributed by atoms with E-state index in [1.165, 1.54) is 35.2 Å². The number of rotatable bonds is 3. The highest BCUT2D eigenvalue weighted by atomic mass is 32.1. The second-order valence-electron chi connectivity index (χ2n) is 7.60. The average molecular weight is 487 g/mol. The topological polar surface area (TPSA) is 66.1 Å². The molecule has 2 heterocycles. The van der Waals surface area contributed by atoms with Gasteiger partial charge in [-0.15, -0.1) is 11.3 Å². The molecular formula is C24H17F4N3O2S. The van der Waals surface area contributed by atoms with E-state index in [0.717, 1.165) is 53.0 Å². The number of thiazole rings is 1. The minimum Gasteiger partial charge on any atom is -0.338 e. The number of nitriles is 1. The lowest BCUT2D eigenvalue weighted by Gasteiger charge is -2.14. The van der Waals surface area contributed by atoms with Gasteiger partial charge in [0.1, 0.15) is 16.5 Å². The van der Waals surface area contributed by atoms with Gasteiger partial charge < -0.3 is 4.90 Å². The molecule has 1 aliphatic heterocycles. The molecule has 0 saturated carbocycles. The third-order valence-electron chi connectivity index (χ3n) is 5.39. The van der Waals surface area contributed by atoms with Gasteiger partial charge in [0.05, 0.1) is 15.8 Å². The first kappa shape index (κ1) is 23.4. The van der Waals surface area contributed by atoms with E-state index in [1.54, 1.807) is 0 Å². The summed E-state index contributed by atoms with van der Waals surface area (Å²) in [6.07, 6.45) is -1.98. The van der Waals surface area contributed by atoms with E-state index in [-0.39, 0.29) is 26.0 Å². The molecule has 1 aliphatic rings. The van der Waals surface area contributed by atoms with Crippen LogP contribution in [-0.2, 0) is 11.0 Å². The van der Waals surface area contributed by atoms with Gasteiger partial charge in [0, 0.05) is 13.1 Å². The van der Waals surface area contributed by atoms with E-state index in [9.17, 15) is 32.4 Å². The van der Waals surface area contributed by atoms with Gasteiger partial charge >= 0.3 is 6.18 Å². The number of halogens is 4. The molecule has 5 nitrogen and oxygen atoms in total. The smallest absolute Gasteiger partial charge is 0.338 e. The van der Waals surface area contributed by atoms with Crippen LogP contribution in [0.5, 0.6) is 0 Å². The number of nitrogens with zero attached hydrogens (tertiary/aromatic N) is 3. The van der Waals surface area contributed by atoms with Gasteiger partial charge in [-0.05, 0) is 54.8 Å². The molecule has 1 saturated heterocycles. The fraction of sp³-hybridized carbons (Fsp3) is 0.208. The molecule has 1 fully saturated rings. The van der Waals surface area contributed by atoms with Crippen molar-refractivity contribution in [1.82, 2.24) is 9.47 Å². The fourth-order valence-corrected chi connectivity index (χ4v) is 4.85. The highest BCUT2D eigenvalue weighted by Gasteiger charge is 2.32. The normalized spacial score (nSPS) is 15.4. The first-order valence-electron chi connectivity index (χ1n) is 10.3. The molecule has 174 valence electrons. The van der Waals surface area contributed by atoms with Crippen molar-refractivity contribution >= 4 is 28.9 Å². The Morgan fingerprint density at radius 3 is 2.32 bits per heavy atom. The van der Waals surface area contributed by atoms with Gasteiger partial charge in [-0.2, -0.15) is 18.4 Å². The van der Waals surface area contributed by atoms with Gasteiger partial charge in [0.2, 0.25) is 0 Å². The maximum absolute atomic E-state index is 13.5. The maximum Gasteiger partial charge on any atom is 0.416 e. The summed E-state index contributed by atoms with van der Waals surface area (Å²) in [6, 6.07) is 11.5. The van der Waals surface area contributed by atoms with E-state index < -0.39 is 29.0 Å². The summed E-state index contributed by atoms with van der Waals surface area (Å²) in [5.41, 5.74) is -1.98. The van der Waals surface area contributed by atoms with Gasteiger partial charge in [-0.3, -0.25) is 14.2 Å². The van der Waals surface area contributed by atoms with Crippen molar-refractivity contribution in [3.8, 4) is 11.8 Å². The number of hydrogen-bond donors (Lipinski definition) is 0. The summed E-state index contributed by atoms with van der Waals surface area (Å²) in [6.45, 7) is 0.933. The van der Waals surface area contributed by atoms with Crippen LogP contribution in [-0.4, -0.2) is 28.5 Å². The number of hydrogen-bond acceptors (Lipinski definition) is 4. The molecule has 0 radical (unpaired) electrons. The molecular weight excluding hydrogens is 470 g/mol. The van der Waals surface area contributed by atoms with Gasteiger partial charge in [0.15, 0.2) is 5.57 Å². The van der Waals surface area contributed by atoms with Crippen molar-refractivity contribution in [1.29, 1.82) is 5.26 Å². The van der Waals surface area contributed by atoms with Crippen LogP contribution in [0, 0.1) is 17.1 Å². The molecule has 0 bridgehead atoms. The number of alkyl halides is 3. The van der Waals surface area contributed by atoms with Crippen molar-refractivity contribution in [3.63, 3.8) is 0 Å². The summed E-state index contributed by atoms with van der Waals surface area (Å²) in [5.74, 6) is -1.11. The van der Waals surface area contributed by atoms with Gasteiger partial charge in [-0.1, -0.05) is 18.2 Å². The zero-order valence-electron chi connectivity index (χ0n) is 17.6. The monoisotopic (exact) mass is 487 g/mol. The van der Waals surface area contributed by atoms with Crippen LogP contribution >= 0.6 is 11.3 Å². The first-order chi connectivity index (χ1) is 16.2. The fourth-order valence-electron chi connectivity index (χ4n) is 3.76. The molecule has 10 heteroatoms. The van der Waals surface area contributed by atoms with Crippen LogP contribution in [0.3, 0.4) is 0 Å². The van der Waals surface area contributed by atoms with Crippen molar-refractivity contribution in [2.24, 2.45) is 0 Å². The minimum absolute atomic E-state index is 0.0215. The summed E-state index contributed by atoms with van der Waals surface area (Å²) >= 11 is 0.746. The van der Waals surface area contributed by atoms with Crippen molar-refractivity contribution < 1.29 is 22.4 Å². The molecule has 0 N–H and O–H groups in total. The molecule has 2 aromatic carbocycles. The number of likely N-dealkylation sites (tertiary alicyclic amines) is 1. The number of carbonyl (C=O) groups excluding carboxylic acids is 1. The molecule has 0 aliphatic carbocycles. The Kier molecular flexibility index (Phi) is 6.39. The Morgan fingerprint density at radius 1 is 1.06 bits per heavy atom. The van der Waals surface area contributed by atoms with E-state index in [1.807, 2.05) is 6.07 Å². The number of carbonyl (C=O) groups is 1. The van der Waals surface area contributed by atoms with E-state index in [2.05, 4.69) is 0 Å².